The van der Waals surface area contributed by atoms with Crippen molar-refractivity contribution in [2.24, 2.45) is 11.8 Å². The number of carbonyl (C=O) groups is 1. The fraction of sp³-hybridized carbons (Fsp3) is 0.423. The summed E-state index contributed by atoms with van der Waals surface area (Å²) in [6.07, 6.45) is 3.59. The lowest BCUT2D eigenvalue weighted by atomic mass is 9.84. The number of allylic oxidation sites excluding steroid dienone is 1. The number of ether oxygens (including phenoxy) is 6. The van der Waals surface area contributed by atoms with Crippen LogP contribution in [-0.2, 0) is 20.7 Å². The summed E-state index contributed by atoms with van der Waals surface area (Å²) in [5.74, 6) is 2.39. The molecule has 1 heterocycles. The molecule has 0 aliphatic carbocycles. The predicted octanol–water partition coefficient (Wildman–Crippen LogP) is 4.39. The first-order valence-corrected chi connectivity index (χ1v) is 10.9. The average Bonchev–Trinajstić information content (AvgIpc) is 3.24. The van der Waals surface area contributed by atoms with Crippen molar-refractivity contribution in [2.45, 2.75) is 19.4 Å². The van der Waals surface area contributed by atoms with Crippen molar-refractivity contribution in [3.8, 4) is 23.0 Å². The lowest BCUT2D eigenvalue weighted by molar-refractivity contribution is -0.140. The van der Waals surface area contributed by atoms with Crippen LogP contribution in [0.4, 0.5) is 0 Å². The SMILES string of the molecule is C/C=C/C(=O)OC[C@H]1[C@@H](Cc2ccc(OC)c(OC)c2)CO[C@@H]1c1ccc(OC)c(OC)c1. The van der Waals surface area contributed by atoms with Crippen molar-refractivity contribution in [3.05, 3.63) is 59.7 Å². The molecule has 2 aromatic rings. The average molecular weight is 457 g/mol. The molecule has 0 N–H and O–H groups in total. The summed E-state index contributed by atoms with van der Waals surface area (Å²) in [5, 5.41) is 0. The lowest BCUT2D eigenvalue weighted by Gasteiger charge is -2.24. The second-order valence-corrected chi connectivity index (χ2v) is 7.82. The highest BCUT2D eigenvalue weighted by atomic mass is 16.5. The van der Waals surface area contributed by atoms with Crippen LogP contribution in [0.5, 0.6) is 23.0 Å². The molecule has 33 heavy (non-hydrogen) atoms. The number of hydrogen-bond donors (Lipinski definition) is 0. The molecule has 0 radical (unpaired) electrons. The van der Waals surface area contributed by atoms with E-state index in [1.165, 1.54) is 6.08 Å². The van der Waals surface area contributed by atoms with Gasteiger partial charge in [0, 0.05) is 12.0 Å². The van der Waals surface area contributed by atoms with Crippen molar-refractivity contribution in [1.82, 2.24) is 0 Å². The summed E-state index contributed by atoms with van der Waals surface area (Å²) in [6.45, 7) is 2.57. The van der Waals surface area contributed by atoms with E-state index in [-0.39, 0.29) is 30.5 Å². The highest BCUT2D eigenvalue weighted by Gasteiger charge is 2.39. The Hall–Kier alpha value is -3.19. The molecular formula is C26H32O7. The van der Waals surface area contributed by atoms with E-state index in [0.717, 1.165) is 17.5 Å². The van der Waals surface area contributed by atoms with Gasteiger partial charge in [-0.25, -0.2) is 4.79 Å². The molecular weight excluding hydrogens is 424 g/mol. The summed E-state index contributed by atoms with van der Waals surface area (Å²) < 4.78 is 33.4. The number of carbonyl (C=O) groups excluding carboxylic acids is 1. The maximum absolute atomic E-state index is 12.0. The van der Waals surface area contributed by atoms with E-state index in [9.17, 15) is 4.79 Å². The van der Waals surface area contributed by atoms with Gasteiger partial charge in [0.05, 0.1) is 47.8 Å². The minimum Gasteiger partial charge on any atom is -0.493 e. The first kappa shape index (κ1) is 24.5. The van der Waals surface area contributed by atoms with E-state index >= 15 is 0 Å². The highest BCUT2D eigenvalue weighted by molar-refractivity contribution is 5.81. The Morgan fingerprint density at radius 1 is 0.939 bits per heavy atom. The Balaban J connectivity index is 1.86. The van der Waals surface area contributed by atoms with Gasteiger partial charge in [-0.1, -0.05) is 18.2 Å². The van der Waals surface area contributed by atoms with Crippen LogP contribution in [0.15, 0.2) is 48.6 Å². The van der Waals surface area contributed by atoms with Gasteiger partial charge >= 0.3 is 5.97 Å². The molecule has 3 atom stereocenters. The molecule has 0 amide bonds. The van der Waals surface area contributed by atoms with Gasteiger partial charge in [-0.2, -0.15) is 0 Å². The van der Waals surface area contributed by atoms with Crippen LogP contribution in [0.25, 0.3) is 0 Å². The fourth-order valence-corrected chi connectivity index (χ4v) is 4.20. The van der Waals surface area contributed by atoms with E-state index in [1.54, 1.807) is 41.4 Å². The van der Waals surface area contributed by atoms with Crippen LogP contribution < -0.4 is 18.9 Å². The first-order chi connectivity index (χ1) is 16.0. The quantitative estimate of drug-likeness (QED) is 0.388. The molecule has 7 heteroatoms. The fourth-order valence-electron chi connectivity index (χ4n) is 4.20. The summed E-state index contributed by atoms with van der Waals surface area (Å²) in [6, 6.07) is 11.6. The topological polar surface area (TPSA) is 72.5 Å². The minimum atomic E-state index is -0.361. The normalized spacial score (nSPS) is 20.0. The predicted molar refractivity (Wildman–Crippen MR) is 124 cm³/mol. The van der Waals surface area contributed by atoms with Crippen molar-refractivity contribution in [3.63, 3.8) is 0 Å². The summed E-state index contributed by atoms with van der Waals surface area (Å²) in [4.78, 5) is 12.0. The summed E-state index contributed by atoms with van der Waals surface area (Å²) in [7, 11) is 6.45. The number of benzene rings is 2. The van der Waals surface area contributed by atoms with E-state index in [1.807, 2.05) is 36.4 Å². The van der Waals surface area contributed by atoms with Gasteiger partial charge in [-0.3, -0.25) is 0 Å². The Morgan fingerprint density at radius 2 is 1.58 bits per heavy atom. The van der Waals surface area contributed by atoms with Crippen LogP contribution in [0.2, 0.25) is 0 Å². The Labute approximate surface area is 195 Å². The van der Waals surface area contributed by atoms with Crippen molar-refractivity contribution >= 4 is 5.97 Å². The van der Waals surface area contributed by atoms with Gasteiger partial charge in [-0.15, -0.1) is 0 Å². The molecule has 1 aliphatic rings. The molecule has 0 aromatic heterocycles. The summed E-state index contributed by atoms with van der Waals surface area (Å²) in [5.41, 5.74) is 2.05. The molecule has 0 saturated carbocycles. The van der Waals surface area contributed by atoms with Gasteiger partial charge in [0.1, 0.15) is 0 Å². The zero-order valence-corrected chi connectivity index (χ0v) is 19.8. The molecule has 0 spiro atoms. The molecule has 1 aliphatic heterocycles. The maximum Gasteiger partial charge on any atom is 0.330 e. The number of rotatable bonds is 10. The zero-order valence-electron chi connectivity index (χ0n) is 19.8. The number of hydrogen-bond acceptors (Lipinski definition) is 7. The minimum absolute atomic E-state index is 0.0367. The Bertz CT molecular complexity index is 969. The summed E-state index contributed by atoms with van der Waals surface area (Å²) >= 11 is 0. The van der Waals surface area contributed by atoms with Gasteiger partial charge in [0.15, 0.2) is 23.0 Å². The van der Waals surface area contributed by atoms with Crippen LogP contribution in [0.1, 0.15) is 24.2 Å². The van der Waals surface area contributed by atoms with Gasteiger partial charge in [-0.05, 0) is 54.7 Å². The molecule has 3 rings (SSSR count). The third-order valence-electron chi connectivity index (χ3n) is 5.89. The van der Waals surface area contributed by atoms with Crippen LogP contribution >= 0.6 is 0 Å². The van der Waals surface area contributed by atoms with Crippen molar-refractivity contribution in [2.75, 3.05) is 41.7 Å². The van der Waals surface area contributed by atoms with Gasteiger partial charge < -0.3 is 28.4 Å². The van der Waals surface area contributed by atoms with Crippen LogP contribution in [0.3, 0.4) is 0 Å². The zero-order chi connectivity index (χ0) is 23.8. The van der Waals surface area contributed by atoms with Crippen LogP contribution in [0, 0.1) is 11.8 Å². The van der Waals surface area contributed by atoms with E-state index < -0.39 is 0 Å². The van der Waals surface area contributed by atoms with E-state index in [2.05, 4.69) is 0 Å². The first-order valence-electron chi connectivity index (χ1n) is 10.9. The molecule has 178 valence electrons. The molecule has 1 saturated heterocycles. The molecule has 0 bridgehead atoms. The molecule has 0 unspecified atom stereocenters. The largest absolute Gasteiger partial charge is 0.493 e. The van der Waals surface area contributed by atoms with Crippen LogP contribution in [-0.4, -0.2) is 47.6 Å². The Morgan fingerprint density at radius 3 is 2.21 bits per heavy atom. The number of methoxy groups -OCH3 is 4. The van der Waals surface area contributed by atoms with E-state index in [0.29, 0.717) is 29.6 Å². The van der Waals surface area contributed by atoms with Gasteiger partial charge in [0.25, 0.3) is 0 Å². The number of esters is 1. The van der Waals surface area contributed by atoms with Crippen molar-refractivity contribution in [1.29, 1.82) is 0 Å². The monoisotopic (exact) mass is 456 g/mol. The third-order valence-corrected chi connectivity index (χ3v) is 5.89. The van der Waals surface area contributed by atoms with Gasteiger partial charge in [0.2, 0.25) is 0 Å². The lowest BCUT2D eigenvalue weighted by Crippen LogP contribution is -2.24. The standard InChI is InChI=1S/C26H32O7/c1-6-7-25(27)32-16-20-19(12-17-8-10-21(28-2)23(13-17)30-4)15-33-26(20)18-9-11-22(29-3)24(14-18)31-5/h6-11,13-14,19-20,26H,12,15-16H2,1-5H3/b7-6+/t19-,20-,26+/m0/s1. The molecule has 1 fully saturated rings. The molecule has 2 aromatic carbocycles. The highest BCUT2D eigenvalue weighted by Crippen LogP contribution is 2.43. The second kappa shape index (κ2) is 11.6. The molecule has 7 nitrogen and oxygen atoms in total. The maximum atomic E-state index is 12.0. The third kappa shape index (κ3) is 5.79. The Kier molecular flexibility index (Phi) is 8.60. The smallest absolute Gasteiger partial charge is 0.330 e. The second-order valence-electron chi connectivity index (χ2n) is 7.82. The van der Waals surface area contributed by atoms with E-state index in [4.69, 9.17) is 28.4 Å². The van der Waals surface area contributed by atoms with Crippen molar-refractivity contribution < 1.29 is 33.2 Å².